The fourth-order valence-corrected chi connectivity index (χ4v) is 2.63. The van der Waals surface area contributed by atoms with Crippen molar-refractivity contribution < 1.29 is 4.79 Å². The molecule has 0 saturated heterocycles. The summed E-state index contributed by atoms with van der Waals surface area (Å²) in [6.45, 7) is 3.51. The minimum absolute atomic E-state index is 0.293. The Bertz CT molecular complexity index is 981. The Morgan fingerprint density at radius 3 is 2.79 bits per heavy atom. The molecule has 0 radical (unpaired) electrons. The number of rotatable bonds is 3. The first kappa shape index (κ1) is 16.2. The van der Waals surface area contributed by atoms with Crippen molar-refractivity contribution in [2.45, 2.75) is 19.9 Å². The number of halogens is 1. The van der Waals surface area contributed by atoms with Crippen molar-refractivity contribution >= 4 is 34.0 Å². The Labute approximate surface area is 143 Å². The third kappa shape index (κ3) is 3.03. The van der Waals surface area contributed by atoms with Crippen molar-refractivity contribution in [3.63, 3.8) is 0 Å². The zero-order valence-electron chi connectivity index (χ0n) is 13.3. The van der Waals surface area contributed by atoms with Crippen molar-refractivity contribution in [1.29, 1.82) is 0 Å². The van der Waals surface area contributed by atoms with E-state index in [1.807, 2.05) is 25.1 Å². The second-order valence-electron chi connectivity index (χ2n) is 5.61. The molecule has 2 aromatic carbocycles. The van der Waals surface area contributed by atoms with Gasteiger partial charge in [-0.1, -0.05) is 35.9 Å². The average Bonchev–Trinajstić information content (AvgIpc) is 2.58. The van der Waals surface area contributed by atoms with Gasteiger partial charge >= 0.3 is 0 Å². The van der Waals surface area contributed by atoms with Gasteiger partial charge in [-0.25, -0.2) is 4.68 Å². The van der Waals surface area contributed by atoms with E-state index in [1.54, 1.807) is 37.4 Å². The smallest absolute Gasteiger partial charge is 0.275 e. The van der Waals surface area contributed by atoms with Gasteiger partial charge in [0.25, 0.3) is 5.56 Å². The van der Waals surface area contributed by atoms with Crippen LogP contribution < -0.4 is 10.9 Å². The number of nitrogens with one attached hydrogen (secondary N) is 1. The van der Waals surface area contributed by atoms with Gasteiger partial charge < -0.3 is 5.32 Å². The molecule has 1 amide bonds. The predicted molar refractivity (Wildman–Crippen MR) is 95.5 cm³/mol. The number of hydrogen-bond donors (Lipinski definition) is 1. The number of carbonyl (C=O) groups excluding carboxylic acids is 1. The van der Waals surface area contributed by atoms with Crippen molar-refractivity contribution in [1.82, 2.24) is 9.78 Å². The number of hydrogen-bond acceptors (Lipinski definition) is 3. The largest absolute Gasteiger partial charge is 0.324 e. The number of carbonyl (C=O) groups is 1. The Kier molecular flexibility index (Phi) is 4.36. The predicted octanol–water partition coefficient (Wildman–Crippen LogP) is 3.56. The molecule has 3 rings (SSSR count). The summed E-state index contributed by atoms with van der Waals surface area (Å²) >= 11 is 5.97. The van der Waals surface area contributed by atoms with E-state index < -0.39 is 6.04 Å². The summed E-state index contributed by atoms with van der Waals surface area (Å²) in [5.74, 6) is -0.328. The third-order valence-electron chi connectivity index (χ3n) is 3.92. The van der Waals surface area contributed by atoms with Crippen LogP contribution in [0.5, 0.6) is 0 Å². The zero-order chi connectivity index (χ0) is 17.3. The number of aromatic nitrogens is 2. The average molecular weight is 342 g/mol. The van der Waals surface area contributed by atoms with Crippen molar-refractivity contribution in [2.75, 3.05) is 5.32 Å². The summed E-state index contributed by atoms with van der Waals surface area (Å²) in [6, 6.07) is 11.7. The van der Waals surface area contributed by atoms with E-state index in [-0.39, 0.29) is 11.5 Å². The standard InChI is InChI=1S/C18H16ClN3O2/c1-11-7-8-14(19)9-16(11)21-17(23)12(2)22-18(24)15-6-4-3-5-13(15)10-20-22/h3-10,12H,1-2H3,(H,21,23)/t12-/m0/s1. The third-order valence-corrected chi connectivity index (χ3v) is 4.16. The van der Waals surface area contributed by atoms with Gasteiger partial charge in [-0.2, -0.15) is 5.10 Å². The first-order valence-electron chi connectivity index (χ1n) is 7.51. The van der Waals surface area contributed by atoms with Gasteiger partial charge in [0.15, 0.2) is 0 Å². The fraction of sp³-hybridized carbons (Fsp3) is 0.167. The van der Waals surface area contributed by atoms with E-state index in [2.05, 4.69) is 10.4 Å². The molecule has 1 aromatic heterocycles. The van der Waals surface area contributed by atoms with Crippen LogP contribution in [0.15, 0.2) is 53.5 Å². The molecular formula is C18H16ClN3O2. The zero-order valence-corrected chi connectivity index (χ0v) is 14.0. The van der Waals surface area contributed by atoms with Crippen LogP contribution in [0.4, 0.5) is 5.69 Å². The SMILES string of the molecule is Cc1ccc(Cl)cc1NC(=O)[C@H](C)n1ncc2ccccc2c1=O. The number of aryl methyl sites for hydroxylation is 1. The molecule has 0 bridgehead atoms. The maximum Gasteiger partial charge on any atom is 0.275 e. The summed E-state index contributed by atoms with van der Waals surface area (Å²) in [5.41, 5.74) is 1.21. The lowest BCUT2D eigenvalue weighted by atomic mass is 10.2. The number of anilines is 1. The highest BCUT2D eigenvalue weighted by atomic mass is 35.5. The topological polar surface area (TPSA) is 64.0 Å². The molecule has 0 fully saturated rings. The van der Waals surface area contributed by atoms with Crippen molar-refractivity contribution in [2.24, 2.45) is 0 Å². The first-order chi connectivity index (χ1) is 11.5. The number of fused-ring (bicyclic) bond motifs is 1. The number of amides is 1. The van der Waals surface area contributed by atoms with Crippen LogP contribution in [-0.4, -0.2) is 15.7 Å². The molecule has 5 nitrogen and oxygen atoms in total. The van der Waals surface area contributed by atoms with Gasteiger partial charge in [0.05, 0.1) is 11.6 Å². The highest BCUT2D eigenvalue weighted by Crippen LogP contribution is 2.21. The lowest BCUT2D eigenvalue weighted by Crippen LogP contribution is -2.33. The highest BCUT2D eigenvalue weighted by molar-refractivity contribution is 6.31. The van der Waals surface area contributed by atoms with Gasteiger partial charge in [0.1, 0.15) is 6.04 Å². The summed E-state index contributed by atoms with van der Waals surface area (Å²) in [5, 5.41) is 8.74. The lowest BCUT2D eigenvalue weighted by Gasteiger charge is -2.15. The van der Waals surface area contributed by atoms with Gasteiger partial charge in [0.2, 0.25) is 5.91 Å². The Morgan fingerprint density at radius 1 is 1.25 bits per heavy atom. The molecule has 122 valence electrons. The van der Waals surface area contributed by atoms with E-state index in [0.29, 0.717) is 16.1 Å². The van der Waals surface area contributed by atoms with Gasteiger partial charge in [-0.15, -0.1) is 0 Å². The van der Waals surface area contributed by atoms with Crippen LogP contribution in [0.25, 0.3) is 10.8 Å². The van der Waals surface area contributed by atoms with Gasteiger partial charge in [-0.3, -0.25) is 9.59 Å². The maximum atomic E-state index is 12.5. The van der Waals surface area contributed by atoms with Crippen molar-refractivity contribution in [3.05, 3.63) is 69.6 Å². The Morgan fingerprint density at radius 2 is 2.00 bits per heavy atom. The maximum absolute atomic E-state index is 12.5. The molecule has 1 heterocycles. The molecule has 1 atom stereocenters. The summed E-state index contributed by atoms with van der Waals surface area (Å²) in [6.07, 6.45) is 1.59. The molecule has 0 unspecified atom stereocenters. The van der Waals surface area contributed by atoms with Crippen LogP contribution in [0, 0.1) is 6.92 Å². The number of nitrogens with zero attached hydrogens (tertiary/aromatic N) is 2. The first-order valence-corrected chi connectivity index (χ1v) is 7.89. The Balaban J connectivity index is 1.92. The van der Waals surface area contributed by atoms with E-state index >= 15 is 0 Å². The summed E-state index contributed by atoms with van der Waals surface area (Å²) < 4.78 is 1.19. The van der Waals surface area contributed by atoms with E-state index in [0.717, 1.165) is 10.9 Å². The Hall–Kier alpha value is -2.66. The molecule has 0 spiro atoms. The normalized spacial score (nSPS) is 12.1. The number of benzene rings is 2. The molecule has 0 saturated carbocycles. The monoisotopic (exact) mass is 341 g/mol. The van der Waals surface area contributed by atoms with E-state index in [9.17, 15) is 9.59 Å². The molecule has 1 N–H and O–H groups in total. The molecule has 6 heteroatoms. The molecular weight excluding hydrogens is 326 g/mol. The second-order valence-corrected chi connectivity index (χ2v) is 6.04. The van der Waals surface area contributed by atoms with Crippen LogP contribution in [-0.2, 0) is 4.79 Å². The second kappa shape index (κ2) is 6.45. The molecule has 0 aliphatic rings. The van der Waals surface area contributed by atoms with E-state index in [1.165, 1.54) is 4.68 Å². The van der Waals surface area contributed by atoms with Crippen LogP contribution >= 0.6 is 11.6 Å². The van der Waals surface area contributed by atoms with Gasteiger partial charge in [0, 0.05) is 16.1 Å². The van der Waals surface area contributed by atoms with Crippen LogP contribution in [0.3, 0.4) is 0 Å². The summed E-state index contributed by atoms with van der Waals surface area (Å²) in [4.78, 5) is 25.1. The fourth-order valence-electron chi connectivity index (χ4n) is 2.46. The van der Waals surface area contributed by atoms with Crippen LogP contribution in [0.1, 0.15) is 18.5 Å². The molecule has 0 aliphatic carbocycles. The van der Waals surface area contributed by atoms with Crippen LogP contribution in [0.2, 0.25) is 5.02 Å². The van der Waals surface area contributed by atoms with Gasteiger partial charge in [-0.05, 0) is 37.6 Å². The minimum atomic E-state index is -0.750. The summed E-state index contributed by atoms with van der Waals surface area (Å²) in [7, 11) is 0. The highest BCUT2D eigenvalue weighted by Gasteiger charge is 2.19. The molecule has 24 heavy (non-hydrogen) atoms. The molecule has 0 aliphatic heterocycles. The quantitative estimate of drug-likeness (QED) is 0.792. The lowest BCUT2D eigenvalue weighted by molar-refractivity contribution is -0.119. The molecule has 3 aromatic rings. The van der Waals surface area contributed by atoms with E-state index in [4.69, 9.17) is 11.6 Å². The minimum Gasteiger partial charge on any atom is -0.324 e. The van der Waals surface area contributed by atoms with Crippen molar-refractivity contribution in [3.8, 4) is 0 Å².